The van der Waals surface area contributed by atoms with E-state index < -0.39 is 5.91 Å². The zero-order valence-electron chi connectivity index (χ0n) is 15.6. The molecule has 3 aromatic rings. The number of aromatic hydroxyl groups is 1. The summed E-state index contributed by atoms with van der Waals surface area (Å²) >= 11 is 0. The number of hydrogen-bond acceptors (Lipinski definition) is 5. The monoisotopic (exact) mass is 389 g/mol. The number of benzene rings is 3. The predicted octanol–water partition coefficient (Wildman–Crippen LogP) is 3.42. The van der Waals surface area contributed by atoms with E-state index in [4.69, 9.17) is 4.74 Å². The minimum Gasteiger partial charge on any atom is -0.507 e. The molecule has 7 heteroatoms. The van der Waals surface area contributed by atoms with Crippen molar-refractivity contribution in [1.82, 2.24) is 5.43 Å². The van der Waals surface area contributed by atoms with Crippen LogP contribution in [0.5, 0.6) is 11.5 Å². The SMILES string of the molecule is COc1ccc(C(=O)Nc2ccccc2C(=O)N/N=C\c2ccccc2O)cc1. The summed E-state index contributed by atoms with van der Waals surface area (Å²) in [7, 11) is 1.55. The summed E-state index contributed by atoms with van der Waals surface area (Å²) in [6, 6.07) is 19.8. The molecule has 0 aliphatic heterocycles. The number of anilines is 1. The van der Waals surface area contributed by atoms with Crippen molar-refractivity contribution in [3.05, 3.63) is 89.5 Å². The van der Waals surface area contributed by atoms with E-state index in [0.29, 0.717) is 22.6 Å². The van der Waals surface area contributed by atoms with Gasteiger partial charge in [0, 0.05) is 11.1 Å². The lowest BCUT2D eigenvalue weighted by molar-refractivity contribution is 0.0956. The van der Waals surface area contributed by atoms with E-state index in [-0.39, 0.29) is 17.2 Å². The van der Waals surface area contributed by atoms with Crippen LogP contribution < -0.4 is 15.5 Å². The van der Waals surface area contributed by atoms with Crippen molar-refractivity contribution in [2.24, 2.45) is 5.10 Å². The number of hydrogen-bond donors (Lipinski definition) is 3. The van der Waals surface area contributed by atoms with Crippen LogP contribution in [-0.2, 0) is 0 Å². The number of methoxy groups -OCH3 is 1. The molecule has 0 aliphatic carbocycles. The molecule has 0 bridgehead atoms. The Morgan fingerprint density at radius 2 is 1.62 bits per heavy atom. The maximum absolute atomic E-state index is 12.5. The average Bonchev–Trinajstić information content (AvgIpc) is 2.75. The van der Waals surface area contributed by atoms with Crippen LogP contribution in [0.15, 0.2) is 77.9 Å². The highest BCUT2D eigenvalue weighted by Crippen LogP contribution is 2.18. The van der Waals surface area contributed by atoms with Crippen molar-refractivity contribution in [1.29, 1.82) is 0 Å². The molecule has 0 saturated heterocycles. The molecular weight excluding hydrogens is 370 g/mol. The van der Waals surface area contributed by atoms with Gasteiger partial charge >= 0.3 is 0 Å². The van der Waals surface area contributed by atoms with Gasteiger partial charge < -0.3 is 15.2 Å². The lowest BCUT2D eigenvalue weighted by atomic mass is 10.1. The van der Waals surface area contributed by atoms with Gasteiger partial charge in [0.25, 0.3) is 11.8 Å². The summed E-state index contributed by atoms with van der Waals surface area (Å²) in [5.74, 6) is -0.158. The molecule has 0 unspecified atom stereocenters. The van der Waals surface area contributed by atoms with Crippen molar-refractivity contribution < 1.29 is 19.4 Å². The van der Waals surface area contributed by atoms with Crippen LogP contribution in [0.3, 0.4) is 0 Å². The Bertz CT molecular complexity index is 1050. The van der Waals surface area contributed by atoms with Crippen molar-refractivity contribution in [3.8, 4) is 11.5 Å². The fraction of sp³-hybridized carbons (Fsp3) is 0.0455. The Labute approximate surface area is 167 Å². The summed E-state index contributed by atoms with van der Waals surface area (Å²) in [4.78, 5) is 25.0. The van der Waals surface area contributed by atoms with Crippen molar-refractivity contribution in [2.45, 2.75) is 0 Å². The minimum atomic E-state index is -0.498. The second-order valence-electron chi connectivity index (χ2n) is 5.99. The number of para-hydroxylation sites is 2. The first kappa shape index (κ1) is 19.6. The van der Waals surface area contributed by atoms with Crippen molar-refractivity contribution >= 4 is 23.7 Å². The van der Waals surface area contributed by atoms with Gasteiger partial charge in [-0.1, -0.05) is 24.3 Å². The fourth-order valence-corrected chi connectivity index (χ4v) is 2.54. The van der Waals surface area contributed by atoms with Gasteiger partial charge in [0.05, 0.1) is 24.6 Å². The number of nitrogens with one attached hydrogen (secondary N) is 2. The predicted molar refractivity (Wildman–Crippen MR) is 111 cm³/mol. The molecule has 0 atom stereocenters. The van der Waals surface area contributed by atoms with E-state index >= 15 is 0 Å². The normalized spacial score (nSPS) is 10.5. The summed E-state index contributed by atoms with van der Waals surface area (Å²) in [5, 5.41) is 16.3. The summed E-state index contributed by atoms with van der Waals surface area (Å²) in [5.41, 5.74) is 3.89. The van der Waals surface area contributed by atoms with E-state index in [2.05, 4.69) is 15.8 Å². The molecule has 0 heterocycles. The topological polar surface area (TPSA) is 100 Å². The number of carbonyl (C=O) groups is 2. The number of amides is 2. The molecular formula is C22H19N3O4. The number of ether oxygens (including phenoxy) is 1. The Kier molecular flexibility index (Phi) is 6.22. The first-order chi connectivity index (χ1) is 14.1. The molecule has 2 amide bonds. The third-order valence-corrected chi connectivity index (χ3v) is 4.08. The highest BCUT2D eigenvalue weighted by atomic mass is 16.5. The second-order valence-corrected chi connectivity index (χ2v) is 5.99. The Balaban J connectivity index is 1.71. The Morgan fingerprint density at radius 3 is 2.34 bits per heavy atom. The quantitative estimate of drug-likeness (QED) is 0.444. The smallest absolute Gasteiger partial charge is 0.273 e. The first-order valence-electron chi connectivity index (χ1n) is 8.74. The number of rotatable bonds is 6. The average molecular weight is 389 g/mol. The Morgan fingerprint density at radius 1 is 0.931 bits per heavy atom. The summed E-state index contributed by atoms with van der Waals surface area (Å²) in [6.45, 7) is 0. The van der Waals surface area contributed by atoms with Crippen molar-refractivity contribution in [3.63, 3.8) is 0 Å². The van der Waals surface area contributed by atoms with Gasteiger partial charge in [-0.3, -0.25) is 9.59 Å². The highest BCUT2D eigenvalue weighted by molar-refractivity contribution is 6.09. The summed E-state index contributed by atoms with van der Waals surface area (Å²) < 4.78 is 5.08. The van der Waals surface area contributed by atoms with Crippen LogP contribution in [0.4, 0.5) is 5.69 Å². The third kappa shape index (κ3) is 4.98. The lowest BCUT2D eigenvalue weighted by Crippen LogP contribution is -2.21. The maximum Gasteiger partial charge on any atom is 0.273 e. The van der Waals surface area contributed by atoms with Crippen LogP contribution in [-0.4, -0.2) is 30.2 Å². The van der Waals surface area contributed by atoms with Gasteiger partial charge in [-0.15, -0.1) is 0 Å². The van der Waals surface area contributed by atoms with Crippen LogP contribution in [0, 0.1) is 0 Å². The molecule has 3 aromatic carbocycles. The molecule has 0 fully saturated rings. The van der Waals surface area contributed by atoms with Gasteiger partial charge in [-0.05, 0) is 48.5 Å². The van der Waals surface area contributed by atoms with Gasteiger partial charge in [-0.2, -0.15) is 5.10 Å². The van der Waals surface area contributed by atoms with E-state index in [0.717, 1.165) is 0 Å². The molecule has 146 valence electrons. The number of hydrazone groups is 1. The molecule has 0 spiro atoms. The molecule has 0 radical (unpaired) electrons. The molecule has 3 rings (SSSR count). The second kappa shape index (κ2) is 9.18. The van der Waals surface area contributed by atoms with Gasteiger partial charge in [0.1, 0.15) is 11.5 Å². The molecule has 3 N–H and O–H groups in total. The molecule has 0 aromatic heterocycles. The van der Waals surface area contributed by atoms with Crippen LogP contribution in [0.2, 0.25) is 0 Å². The fourth-order valence-electron chi connectivity index (χ4n) is 2.54. The molecule has 0 aliphatic rings. The third-order valence-electron chi connectivity index (χ3n) is 4.08. The minimum absolute atomic E-state index is 0.0534. The highest BCUT2D eigenvalue weighted by Gasteiger charge is 2.14. The van der Waals surface area contributed by atoms with E-state index in [1.165, 1.54) is 12.3 Å². The number of nitrogens with zero attached hydrogens (tertiary/aromatic N) is 1. The van der Waals surface area contributed by atoms with Crippen molar-refractivity contribution in [2.75, 3.05) is 12.4 Å². The number of phenolic OH excluding ortho intramolecular Hbond substituents is 1. The molecule has 7 nitrogen and oxygen atoms in total. The number of carbonyl (C=O) groups excluding carboxylic acids is 2. The van der Waals surface area contributed by atoms with Gasteiger partial charge in [0.15, 0.2) is 0 Å². The Hall–Kier alpha value is -4.13. The molecule has 0 saturated carbocycles. The van der Waals surface area contributed by atoms with Gasteiger partial charge in [-0.25, -0.2) is 5.43 Å². The molecule has 29 heavy (non-hydrogen) atoms. The van der Waals surface area contributed by atoms with Gasteiger partial charge in [0.2, 0.25) is 0 Å². The lowest BCUT2D eigenvalue weighted by Gasteiger charge is -2.10. The summed E-state index contributed by atoms with van der Waals surface area (Å²) in [6.07, 6.45) is 1.34. The van der Waals surface area contributed by atoms with E-state index in [1.54, 1.807) is 73.8 Å². The standard InChI is InChI=1S/C22H19N3O4/c1-29-17-12-10-15(11-13-17)21(27)24-19-8-4-3-7-18(19)22(28)25-23-14-16-6-2-5-9-20(16)26/h2-14,26H,1H3,(H,24,27)(H,25,28)/b23-14-. The largest absolute Gasteiger partial charge is 0.507 e. The number of phenols is 1. The zero-order valence-corrected chi connectivity index (χ0v) is 15.6. The van der Waals surface area contributed by atoms with E-state index in [9.17, 15) is 14.7 Å². The van der Waals surface area contributed by atoms with Crippen LogP contribution >= 0.6 is 0 Å². The van der Waals surface area contributed by atoms with Crippen LogP contribution in [0.25, 0.3) is 0 Å². The van der Waals surface area contributed by atoms with Crippen LogP contribution in [0.1, 0.15) is 26.3 Å². The van der Waals surface area contributed by atoms with E-state index in [1.807, 2.05) is 0 Å². The zero-order chi connectivity index (χ0) is 20.6. The maximum atomic E-state index is 12.5. The first-order valence-corrected chi connectivity index (χ1v) is 8.74.